The number of nitrogens with one attached hydrogen (secondary N) is 1. The average molecular weight is 324 g/mol. The van der Waals surface area contributed by atoms with Gasteiger partial charge in [0.15, 0.2) is 0 Å². The second-order valence-corrected chi connectivity index (χ2v) is 6.02. The van der Waals surface area contributed by atoms with Crippen LogP contribution < -0.4 is 15.0 Å². The largest absolute Gasteiger partial charge is 0.497 e. The molecule has 0 unspecified atom stereocenters. The van der Waals surface area contributed by atoms with E-state index in [2.05, 4.69) is 23.5 Å². The summed E-state index contributed by atoms with van der Waals surface area (Å²) in [6.45, 7) is 2.40. The third-order valence-electron chi connectivity index (χ3n) is 4.45. The molecule has 24 heavy (non-hydrogen) atoms. The first-order chi connectivity index (χ1) is 11.8. The summed E-state index contributed by atoms with van der Waals surface area (Å²) in [5.74, 6) is 1.08. The van der Waals surface area contributed by atoms with Gasteiger partial charge in [0.05, 0.1) is 7.11 Å². The van der Waals surface area contributed by atoms with Gasteiger partial charge in [0.2, 0.25) is 5.91 Å². The molecule has 1 heterocycles. The topological polar surface area (TPSA) is 41.6 Å². The normalized spacial score (nSPS) is 13.0. The van der Waals surface area contributed by atoms with Gasteiger partial charge in [-0.05, 0) is 48.7 Å². The number of para-hydroxylation sites is 1. The second kappa shape index (κ2) is 7.97. The summed E-state index contributed by atoms with van der Waals surface area (Å²) >= 11 is 0. The molecule has 0 aliphatic carbocycles. The highest BCUT2D eigenvalue weighted by Crippen LogP contribution is 2.27. The van der Waals surface area contributed by atoms with Crippen molar-refractivity contribution in [1.29, 1.82) is 0 Å². The molecule has 1 amide bonds. The fraction of sp³-hybridized carbons (Fsp3) is 0.350. The van der Waals surface area contributed by atoms with Crippen LogP contribution in [0, 0.1) is 0 Å². The first-order valence-electron chi connectivity index (χ1n) is 8.50. The van der Waals surface area contributed by atoms with Gasteiger partial charge in [0.25, 0.3) is 0 Å². The van der Waals surface area contributed by atoms with Crippen LogP contribution in [0.3, 0.4) is 0 Å². The Balaban J connectivity index is 1.38. The van der Waals surface area contributed by atoms with Crippen molar-refractivity contribution in [2.24, 2.45) is 0 Å². The molecule has 0 radical (unpaired) electrons. The quantitative estimate of drug-likeness (QED) is 0.796. The maximum absolute atomic E-state index is 12.4. The fourth-order valence-corrected chi connectivity index (χ4v) is 3.08. The number of rotatable bonds is 7. The van der Waals surface area contributed by atoms with Crippen molar-refractivity contribution in [3.63, 3.8) is 0 Å². The maximum atomic E-state index is 12.4. The Kier molecular flexibility index (Phi) is 5.49. The van der Waals surface area contributed by atoms with Crippen LogP contribution in [0.15, 0.2) is 48.5 Å². The minimum absolute atomic E-state index is 0.205. The van der Waals surface area contributed by atoms with E-state index in [1.807, 2.05) is 35.2 Å². The van der Waals surface area contributed by atoms with E-state index < -0.39 is 0 Å². The first kappa shape index (κ1) is 16.5. The molecule has 2 aromatic rings. The predicted molar refractivity (Wildman–Crippen MR) is 96.7 cm³/mol. The van der Waals surface area contributed by atoms with Gasteiger partial charge in [0.1, 0.15) is 5.75 Å². The summed E-state index contributed by atoms with van der Waals surface area (Å²) in [6.07, 6.45) is 2.45. The number of ether oxygens (including phenoxy) is 1. The van der Waals surface area contributed by atoms with E-state index in [1.165, 1.54) is 11.1 Å². The van der Waals surface area contributed by atoms with Crippen LogP contribution in [0.1, 0.15) is 17.5 Å². The second-order valence-electron chi connectivity index (χ2n) is 6.02. The summed E-state index contributed by atoms with van der Waals surface area (Å²) in [5.41, 5.74) is 3.63. The van der Waals surface area contributed by atoms with E-state index in [1.54, 1.807) is 7.11 Å². The van der Waals surface area contributed by atoms with Gasteiger partial charge < -0.3 is 15.0 Å². The first-order valence-corrected chi connectivity index (χ1v) is 8.50. The number of fused-ring (bicyclic) bond motifs is 1. The van der Waals surface area contributed by atoms with Crippen molar-refractivity contribution < 1.29 is 9.53 Å². The number of anilines is 1. The molecule has 0 bridgehead atoms. The molecule has 2 aromatic carbocycles. The SMILES string of the molecule is COc1ccc(CCNCCC(=O)N2CCc3ccccc32)cc1. The lowest BCUT2D eigenvalue weighted by atomic mass is 10.1. The van der Waals surface area contributed by atoms with Crippen LogP contribution >= 0.6 is 0 Å². The molecule has 1 aliphatic rings. The van der Waals surface area contributed by atoms with Crippen molar-refractivity contribution in [3.8, 4) is 5.75 Å². The Morgan fingerprint density at radius 2 is 1.92 bits per heavy atom. The molecule has 4 heteroatoms. The van der Waals surface area contributed by atoms with Crippen molar-refractivity contribution in [2.75, 3.05) is 31.6 Å². The van der Waals surface area contributed by atoms with Crippen LogP contribution in [0.2, 0.25) is 0 Å². The molecule has 4 nitrogen and oxygen atoms in total. The molecule has 0 fully saturated rings. The van der Waals surface area contributed by atoms with E-state index in [4.69, 9.17) is 4.74 Å². The maximum Gasteiger partial charge on any atom is 0.228 e. The summed E-state index contributed by atoms with van der Waals surface area (Å²) in [7, 11) is 1.67. The lowest BCUT2D eigenvalue weighted by molar-refractivity contribution is -0.118. The van der Waals surface area contributed by atoms with E-state index in [0.29, 0.717) is 13.0 Å². The van der Waals surface area contributed by atoms with Crippen molar-refractivity contribution in [2.45, 2.75) is 19.3 Å². The van der Waals surface area contributed by atoms with Crippen molar-refractivity contribution >= 4 is 11.6 Å². The minimum atomic E-state index is 0.205. The standard InChI is InChI=1S/C20H24N2O2/c1-24-18-8-6-16(7-9-18)10-13-21-14-11-20(23)22-15-12-17-4-2-3-5-19(17)22/h2-9,21H,10-15H2,1H3. The summed E-state index contributed by atoms with van der Waals surface area (Å²) in [6, 6.07) is 16.3. The smallest absolute Gasteiger partial charge is 0.228 e. The number of benzene rings is 2. The van der Waals surface area contributed by atoms with Gasteiger partial charge in [-0.15, -0.1) is 0 Å². The highest BCUT2D eigenvalue weighted by atomic mass is 16.5. The van der Waals surface area contributed by atoms with Gasteiger partial charge in [0, 0.05) is 25.2 Å². The van der Waals surface area contributed by atoms with E-state index in [0.717, 1.165) is 37.4 Å². The van der Waals surface area contributed by atoms with Crippen LogP contribution in [0.25, 0.3) is 0 Å². The Bertz CT molecular complexity index is 682. The monoisotopic (exact) mass is 324 g/mol. The third-order valence-corrected chi connectivity index (χ3v) is 4.45. The Morgan fingerprint density at radius 1 is 1.12 bits per heavy atom. The van der Waals surface area contributed by atoms with Crippen LogP contribution in [-0.2, 0) is 17.6 Å². The molecule has 0 saturated carbocycles. The zero-order valence-corrected chi connectivity index (χ0v) is 14.1. The molecule has 0 saturated heterocycles. The minimum Gasteiger partial charge on any atom is -0.497 e. The highest BCUT2D eigenvalue weighted by molar-refractivity contribution is 5.95. The number of carbonyl (C=O) groups is 1. The molecule has 0 atom stereocenters. The Morgan fingerprint density at radius 3 is 2.71 bits per heavy atom. The fourth-order valence-electron chi connectivity index (χ4n) is 3.08. The molecule has 0 aromatic heterocycles. The van der Waals surface area contributed by atoms with Crippen LogP contribution in [-0.4, -0.2) is 32.7 Å². The molecule has 0 spiro atoms. The number of carbonyl (C=O) groups excluding carboxylic acids is 1. The zero-order chi connectivity index (χ0) is 16.8. The van der Waals surface area contributed by atoms with Gasteiger partial charge in [-0.3, -0.25) is 4.79 Å². The number of methoxy groups -OCH3 is 1. The average Bonchev–Trinajstić information content (AvgIpc) is 3.06. The lowest BCUT2D eigenvalue weighted by Gasteiger charge is -2.17. The molecular formula is C20H24N2O2. The van der Waals surface area contributed by atoms with Gasteiger partial charge in [-0.25, -0.2) is 0 Å². The highest BCUT2D eigenvalue weighted by Gasteiger charge is 2.23. The van der Waals surface area contributed by atoms with Gasteiger partial charge in [-0.1, -0.05) is 30.3 Å². The van der Waals surface area contributed by atoms with E-state index >= 15 is 0 Å². The molecule has 126 valence electrons. The lowest BCUT2D eigenvalue weighted by Crippen LogP contribution is -2.32. The Hall–Kier alpha value is -2.33. The number of hydrogen-bond acceptors (Lipinski definition) is 3. The van der Waals surface area contributed by atoms with Crippen LogP contribution in [0.5, 0.6) is 5.75 Å². The van der Waals surface area contributed by atoms with E-state index in [-0.39, 0.29) is 5.91 Å². The molecule has 1 N–H and O–H groups in total. The van der Waals surface area contributed by atoms with Crippen molar-refractivity contribution in [3.05, 3.63) is 59.7 Å². The van der Waals surface area contributed by atoms with Gasteiger partial charge >= 0.3 is 0 Å². The van der Waals surface area contributed by atoms with Gasteiger partial charge in [-0.2, -0.15) is 0 Å². The zero-order valence-electron chi connectivity index (χ0n) is 14.1. The predicted octanol–water partition coefficient (Wildman–Crippen LogP) is 2.81. The number of hydrogen-bond donors (Lipinski definition) is 1. The summed E-state index contributed by atoms with van der Waals surface area (Å²) < 4.78 is 5.15. The number of amides is 1. The van der Waals surface area contributed by atoms with Crippen molar-refractivity contribution in [1.82, 2.24) is 5.32 Å². The summed E-state index contributed by atoms with van der Waals surface area (Å²) in [4.78, 5) is 14.3. The molecule has 3 rings (SSSR count). The third kappa shape index (κ3) is 3.95. The summed E-state index contributed by atoms with van der Waals surface area (Å²) in [5, 5.41) is 3.36. The van der Waals surface area contributed by atoms with E-state index in [9.17, 15) is 4.79 Å². The molecule has 1 aliphatic heterocycles. The molecular weight excluding hydrogens is 300 g/mol. The van der Waals surface area contributed by atoms with Crippen LogP contribution in [0.4, 0.5) is 5.69 Å². The number of nitrogens with zero attached hydrogens (tertiary/aromatic N) is 1. The Labute approximate surface area is 143 Å².